The number of carbonyl (C=O) groups excluding carboxylic acids is 1. The molecule has 0 spiro atoms. The summed E-state index contributed by atoms with van der Waals surface area (Å²) in [6, 6.07) is 0. The van der Waals surface area contributed by atoms with Crippen LogP contribution in [0.3, 0.4) is 0 Å². The molecule has 0 aliphatic carbocycles. The van der Waals surface area contributed by atoms with E-state index >= 15 is 0 Å². The highest BCUT2D eigenvalue weighted by atomic mass is 16.7. The van der Waals surface area contributed by atoms with Crippen LogP contribution in [0.15, 0.2) is 0 Å². The van der Waals surface area contributed by atoms with E-state index in [2.05, 4.69) is 5.32 Å². The van der Waals surface area contributed by atoms with Crippen molar-refractivity contribution in [1.82, 2.24) is 5.32 Å². The summed E-state index contributed by atoms with van der Waals surface area (Å²) in [6.45, 7) is 13.6. The number of carbonyl (C=O) groups is 1. The van der Waals surface area contributed by atoms with Crippen LogP contribution in [-0.4, -0.2) is 44.2 Å². The average Bonchev–Trinajstić information content (AvgIpc) is 2.27. The smallest absolute Gasteiger partial charge is 0.310 e. The van der Waals surface area contributed by atoms with Gasteiger partial charge < -0.3 is 19.5 Å². The van der Waals surface area contributed by atoms with Crippen molar-refractivity contribution in [3.63, 3.8) is 0 Å². The molecule has 0 aromatic heterocycles. The first kappa shape index (κ1) is 18.4. The van der Waals surface area contributed by atoms with Crippen molar-refractivity contribution in [2.24, 2.45) is 5.92 Å². The third kappa shape index (κ3) is 9.87. The van der Waals surface area contributed by atoms with Gasteiger partial charge in [0.2, 0.25) is 0 Å². The van der Waals surface area contributed by atoms with E-state index in [1.165, 1.54) is 0 Å². The highest BCUT2D eigenvalue weighted by molar-refractivity contribution is 5.72. The van der Waals surface area contributed by atoms with E-state index in [-0.39, 0.29) is 18.2 Å². The molecule has 0 saturated carbocycles. The van der Waals surface area contributed by atoms with Crippen molar-refractivity contribution in [2.45, 2.75) is 53.4 Å². The Morgan fingerprint density at radius 2 is 1.63 bits per heavy atom. The van der Waals surface area contributed by atoms with Gasteiger partial charge in [-0.15, -0.1) is 0 Å². The molecule has 0 aliphatic heterocycles. The molecule has 114 valence electrons. The van der Waals surface area contributed by atoms with Gasteiger partial charge in [-0.05, 0) is 34.6 Å². The summed E-state index contributed by atoms with van der Waals surface area (Å²) in [6.07, 6.45) is -0.263. The lowest BCUT2D eigenvalue weighted by molar-refractivity contribution is -0.159. The van der Waals surface area contributed by atoms with Crippen LogP contribution in [-0.2, 0) is 19.0 Å². The summed E-state index contributed by atoms with van der Waals surface area (Å²) in [5.41, 5.74) is -0.440. The second-order valence-electron chi connectivity index (χ2n) is 5.43. The number of ether oxygens (including phenoxy) is 3. The van der Waals surface area contributed by atoms with Gasteiger partial charge in [-0.25, -0.2) is 0 Å². The molecule has 0 saturated heterocycles. The molecule has 0 aromatic carbocycles. The van der Waals surface area contributed by atoms with E-state index in [0.29, 0.717) is 26.3 Å². The molecule has 0 bridgehead atoms. The maximum atomic E-state index is 11.8. The van der Waals surface area contributed by atoms with E-state index in [4.69, 9.17) is 14.2 Å². The van der Waals surface area contributed by atoms with Crippen LogP contribution in [0.1, 0.15) is 41.5 Å². The molecule has 0 heterocycles. The van der Waals surface area contributed by atoms with E-state index in [1.807, 2.05) is 41.5 Å². The monoisotopic (exact) mass is 275 g/mol. The Kier molecular flexibility index (Phi) is 8.97. The number of hydrogen-bond donors (Lipinski definition) is 1. The molecule has 1 atom stereocenters. The number of rotatable bonds is 9. The Hall–Kier alpha value is -0.650. The predicted molar refractivity (Wildman–Crippen MR) is 74.9 cm³/mol. The molecule has 0 radical (unpaired) electrons. The molecular weight excluding hydrogens is 246 g/mol. The first-order valence-electron chi connectivity index (χ1n) is 6.96. The second kappa shape index (κ2) is 9.28. The van der Waals surface area contributed by atoms with Crippen molar-refractivity contribution < 1.29 is 19.0 Å². The highest BCUT2D eigenvalue weighted by Gasteiger charge is 2.21. The van der Waals surface area contributed by atoms with Crippen molar-refractivity contribution in [3.05, 3.63) is 0 Å². The molecule has 5 heteroatoms. The molecule has 0 aliphatic rings. The zero-order chi connectivity index (χ0) is 14.9. The first-order valence-corrected chi connectivity index (χ1v) is 6.96. The third-order valence-corrected chi connectivity index (χ3v) is 2.28. The normalized spacial score (nSPS) is 13.6. The Bertz CT molecular complexity index is 244. The summed E-state index contributed by atoms with van der Waals surface area (Å²) >= 11 is 0. The Labute approximate surface area is 117 Å². The molecule has 19 heavy (non-hydrogen) atoms. The van der Waals surface area contributed by atoms with Crippen LogP contribution in [0.5, 0.6) is 0 Å². The van der Waals surface area contributed by atoms with Gasteiger partial charge in [-0.1, -0.05) is 6.92 Å². The SMILES string of the molecule is CCOC(CNCC(C)C(=O)OC(C)(C)C)OCC. The van der Waals surface area contributed by atoms with Gasteiger partial charge in [-0.3, -0.25) is 4.79 Å². The first-order chi connectivity index (χ1) is 8.80. The number of nitrogens with one attached hydrogen (secondary N) is 1. The molecule has 0 fully saturated rings. The topological polar surface area (TPSA) is 56.8 Å². The molecule has 5 nitrogen and oxygen atoms in total. The van der Waals surface area contributed by atoms with E-state index in [0.717, 1.165) is 0 Å². The van der Waals surface area contributed by atoms with E-state index in [9.17, 15) is 4.79 Å². The summed E-state index contributed by atoms with van der Waals surface area (Å²) in [5, 5.41) is 3.17. The van der Waals surface area contributed by atoms with Gasteiger partial charge in [0.25, 0.3) is 0 Å². The second-order valence-corrected chi connectivity index (χ2v) is 5.43. The van der Waals surface area contributed by atoms with Crippen LogP contribution in [0.4, 0.5) is 0 Å². The van der Waals surface area contributed by atoms with Gasteiger partial charge in [0.05, 0.1) is 5.92 Å². The molecule has 1 N–H and O–H groups in total. The third-order valence-electron chi connectivity index (χ3n) is 2.28. The standard InChI is InChI=1S/C14H29NO4/c1-7-17-12(18-8-2)10-15-9-11(3)13(16)19-14(4,5)6/h11-12,15H,7-10H2,1-6H3. The van der Waals surface area contributed by atoms with Gasteiger partial charge >= 0.3 is 5.97 Å². The fraction of sp³-hybridized carbons (Fsp3) is 0.929. The molecular formula is C14H29NO4. The Balaban J connectivity index is 3.94. The van der Waals surface area contributed by atoms with Gasteiger partial charge in [0.15, 0.2) is 6.29 Å². The van der Waals surface area contributed by atoms with Crippen LogP contribution >= 0.6 is 0 Å². The zero-order valence-corrected chi connectivity index (χ0v) is 13.1. The minimum atomic E-state index is -0.440. The van der Waals surface area contributed by atoms with Crippen LogP contribution in [0, 0.1) is 5.92 Å². The summed E-state index contributed by atoms with van der Waals surface area (Å²) in [4.78, 5) is 11.8. The minimum absolute atomic E-state index is 0.190. The quantitative estimate of drug-likeness (QED) is 0.515. The van der Waals surface area contributed by atoms with Crippen molar-refractivity contribution >= 4 is 5.97 Å². The van der Waals surface area contributed by atoms with Crippen molar-refractivity contribution in [3.8, 4) is 0 Å². The van der Waals surface area contributed by atoms with Crippen molar-refractivity contribution in [1.29, 1.82) is 0 Å². The summed E-state index contributed by atoms with van der Waals surface area (Å²) in [7, 11) is 0. The van der Waals surface area contributed by atoms with Crippen LogP contribution in [0.25, 0.3) is 0 Å². The molecule has 0 amide bonds. The average molecular weight is 275 g/mol. The predicted octanol–water partition coefficient (Wildman–Crippen LogP) is 1.95. The molecule has 0 aromatic rings. The van der Waals surface area contributed by atoms with Gasteiger partial charge in [-0.2, -0.15) is 0 Å². The van der Waals surface area contributed by atoms with Crippen molar-refractivity contribution in [2.75, 3.05) is 26.3 Å². The maximum Gasteiger partial charge on any atom is 0.310 e. The fourth-order valence-electron chi connectivity index (χ4n) is 1.44. The number of esters is 1. The lowest BCUT2D eigenvalue weighted by Crippen LogP contribution is -2.37. The van der Waals surface area contributed by atoms with E-state index < -0.39 is 5.60 Å². The molecule has 0 rings (SSSR count). The Morgan fingerprint density at radius 1 is 1.11 bits per heavy atom. The summed E-state index contributed by atoms with van der Waals surface area (Å²) in [5.74, 6) is -0.382. The lowest BCUT2D eigenvalue weighted by atomic mass is 10.1. The zero-order valence-electron chi connectivity index (χ0n) is 13.1. The fourth-order valence-corrected chi connectivity index (χ4v) is 1.44. The Morgan fingerprint density at radius 3 is 2.05 bits per heavy atom. The van der Waals surface area contributed by atoms with E-state index in [1.54, 1.807) is 0 Å². The minimum Gasteiger partial charge on any atom is -0.460 e. The lowest BCUT2D eigenvalue weighted by Gasteiger charge is -2.23. The summed E-state index contributed by atoms with van der Waals surface area (Å²) < 4.78 is 16.1. The molecule has 1 unspecified atom stereocenters. The maximum absolute atomic E-state index is 11.8. The van der Waals surface area contributed by atoms with Gasteiger partial charge in [0, 0.05) is 26.3 Å². The van der Waals surface area contributed by atoms with Crippen LogP contribution < -0.4 is 5.32 Å². The highest BCUT2D eigenvalue weighted by Crippen LogP contribution is 2.10. The largest absolute Gasteiger partial charge is 0.460 e. The number of hydrogen-bond acceptors (Lipinski definition) is 5. The van der Waals surface area contributed by atoms with Gasteiger partial charge in [0.1, 0.15) is 5.60 Å². The van der Waals surface area contributed by atoms with Crippen LogP contribution in [0.2, 0.25) is 0 Å².